The third-order valence-electron chi connectivity index (χ3n) is 6.68. The standard InChI is InChI=1S/C12H12F2N4O.C10H17NO/c13-12(14)19-9-3-7(4-16-10(9)15)8-5-17-11(18-8)6-1-2-6;1-3-12-4-2-10(1)11-6-8-5-9(8)7-11/h3-6,12H,1-2H2,(H2,15,16)(H,17,18);8-10H,1-7H2/t;8-,9?/m.1/s1. The molecule has 168 valence electrons. The van der Waals surface area contributed by atoms with Gasteiger partial charge in [-0.15, -0.1) is 0 Å². The number of nitrogens with zero attached hydrogens (tertiary/aromatic N) is 3. The Labute approximate surface area is 180 Å². The van der Waals surface area contributed by atoms with Crippen molar-refractivity contribution in [2.24, 2.45) is 11.8 Å². The minimum atomic E-state index is -2.93. The van der Waals surface area contributed by atoms with Gasteiger partial charge in [-0.25, -0.2) is 9.97 Å². The van der Waals surface area contributed by atoms with Gasteiger partial charge in [0.1, 0.15) is 5.82 Å². The summed E-state index contributed by atoms with van der Waals surface area (Å²) in [4.78, 5) is 14.0. The van der Waals surface area contributed by atoms with Crippen molar-refractivity contribution in [2.75, 3.05) is 32.0 Å². The number of piperidine rings is 1. The van der Waals surface area contributed by atoms with Gasteiger partial charge in [0.15, 0.2) is 11.6 Å². The van der Waals surface area contributed by atoms with Crippen molar-refractivity contribution < 1.29 is 18.3 Å². The molecular formula is C22H29F2N5O2. The predicted octanol–water partition coefficient (Wildman–Crippen LogP) is 3.65. The van der Waals surface area contributed by atoms with Crippen LogP contribution in [-0.4, -0.2) is 58.8 Å². The Morgan fingerprint density at radius 3 is 2.52 bits per heavy atom. The minimum absolute atomic E-state index is 0.0639. The topological polar surface area (TPSA) is 89.3 Å². The first-order valence-electron chi connectivity index (χ1n) is 11.1. The summed E-state index contributed by atoms with van der Waals surface area (Å²) in [5.41, 5.74) is 6.82. The van der Waals surface area contributed by atoms with Crippen LogP contribution in [0.5, 0.6) is 5.75 Å². The Morgan fingerprint density at radius 1 is 1.10 bits per heavy atom. The highest BCUT2D eigenvalue weighted by atomic mass is 19.3. The average Bonchev–Trinajstić information content (AvgIpc) is 3.67. The molecule has 2 saturated carbocycles. The number of nitrogen functional groups attached to an aromatic ring is 1. The molecule has 2 saturated heterocycles. The lowest BCUT2D eigenvalue weighted by Gasteiger charge is -2.31. The van der Waals surface area contributed by atoms with Crippen LogP contribution in [0.3, 0.4) is 0 Å². The molecule has 4 aliphatic rings. The third-order valence-corrected chi connectivity index (χ3v) is 6.68. The highest BCUT2D eigenvalue weighted by Gasteiger charge is 2.46. The predicted molar refractivity (Wildman–Crippen MR) is 112 cm³/mol. The van der Waals surface area contributed by atoms with E-state index in [0.717, 1.165) is 49.8 Å². The number of nitrogens with one attached hydrogen (secondary N) is 1. The molecule has 4 fully saturated rings. The summed E-state index contributed by atoms with van der Waals surface area (Å²) < 4.78 is 34.1. The van der Waals surface area contributed by atoms with Crippen LogP contribution in [0, 0.1) is 11.8 Å². The molecule has 3 N–H and O–H groups in total. The van der Waals surface area contributed by atoms with Crippen molar-refractivity contribution in [3.8, 4) is 17.0 Å². The molecule has 9 heteroatoms. The number of alkyl halides is 2. The molecule has 0 bridgehead atoms. The van der Waals surface area contributed by atoms with Gasteiger partial charge in [0.25, 0.3) is 0 Å². The molecule has 0 amide bonds. The largest absolute Gasteiger partial charge is 0.431 e. The van der Waals surface area contributed by atoms with Crippen molar-refractivity contribution in [1.29, 1.82) is 0 Å². The number of imidazole rings is 1. The van der Waals surface area contributed by atoms with Gasteiger partial charge in [-0.1, -0.05) is 0 Å². The molecule has 1 unspecified atom stereocenters. The fourth-order valence-corrected chi connectivity index (χ4v) is 4.62. The summed E-state index contributed by atoms with van der Waals surface area (Å²) in [6, 6.07) is 2.30. The lowest BCUT2D eigenvalue weighted by Crippen LogP contribution is -2.38. The van der Waals surface area contributed by atoms with Crippen LogP contribution in [-0.2, 0) is 4.74 Å². The van der Waals surface area contributed by atoms with Crippen molar-refractivity contribution in [1.82, 2.24) is 19.9 Å². The van der Waals surface area contributed by atoms with Crippen LogP contribution in [0.25, 0.3) is 11.3 Å². The van der Waals surface area contributed by atoms with Gasteiger partial charge in [-0.05, 0) is 50.0 Å². The molecule has 2 aromatic heterocycles. The molecule has 4 heterocycles. The fourth-order valence-electron chi connectivity index (χ4n) is 4.62. The van der Waals surface area contributed by atoms with Gasteiger partial charge in [0, 0.05) is 50.0 Å². The Bertz CT molecular complexity index is 888. The maximum absolute atomic E-state index is 12.2. The first kappa shape index (κ1) is 20.6. The number of pyridine rings is 1. The van der Waals surface area contributed by atoms with Crippen molar-refractivity contribution in [2.45, 2.75) is 50.7 Å². The zero-order chi connectivity index (χ0) is 21.4. The minimum Gasteiger partial charge on any atom is -0.431 e. The number of hydrogen-bond acceptors (Lipinski definition) is 6. The zero-order valence-corrected chi connectivity index (χ0v) is 17.5. The first-order chi connectivity index (χ1) is 15.1. The summed E-state index contributed by atoms with van der Waals surface area (Å²) in [5.74, 6) is 3.40. The van der Waals surface area contributed by atoms with Crippen molar-refractivity contribution in [3.05, 3.63) is 24.3 Å². The molecular weight excluding hydrogens is 404 g/mol. The zero-order valence-electron chi connectivity index (χ0n) is 17.5. The van der Waals surface area contributed by atoms with Gasteiger partial charge in [-0.2, -0.15) is 8.78 Å². The van der Waals surface area contributed by atoms with Crippen molar-refractivity contribution >= 4 is 5.82 Å². The van der Waals surface area contributed by atoms with E-state index < -0.39 is 6.61 Å². The molecule has 6 rings (SSSR count). The van der Waals surface area contributed by atoms with Crippen molar-refractivity contribution in [3.63, 3.8) is 0 Å². The number of nitrogens with two attached hydrogens (primary N) is 1. The number of aromatic amines is 1. The van der Waals surface area contributed by atoms with E-state index >= 15 is 0 Å². The Balaban J connectivity index is 0.000000145. The molecule has 31 heavy (non-hydrogen) atoms. The van der Waals surface area contributed by atoms with Crippen LogP contribution < -0.4 is 10.5 Å². The molecule has 0 spiro atoms. The molecule has 2 aromatic rings. The van der Waals surface area contributed by atoms with E-state index in [-0.39, 0.29) is 11.6 Å². The fraction of sp³-hybridized carbons (Fsp3) is 0.636. The van der Waals surface area contributed by atoms with Gasteiger partial charge >= 0.3 is 6.61 Å². The van der Waals surface area contributed by atoms with Gasteiger partial charge < -0.3 is 20.2 Å². The van der Waals surface area contributed by atoms with Crippen LogP contribution in [0.15, 0.2) is 18.5 Å². The second-order valence-electron chi connectivity index (χ2n) is 9.00. The molecule has 7 nitrogen and oxygen atoms in total. The van der Waals surface area contributed by atoms with Crippen LogP contribution in [0.1, 0.15) is 43.8 Å². The average molecular weight is 434 g/mol. The number of aromatic nitrogens is 3. The second kappa shape index (κ2) is 8.70. The van der Waals surface area contributed by atoms with E-state index in [1.54, 1.807) is 6.20 Å². The highest BCUT2D eigenvalue weighted by Crippen LogP contribution is 2.46. The number of H-pyrrole nitrogens is 1. The number of halogens is 2. The third kappa shape index (κ3) is 4.98. The van der Waals surface area contributed by atoms with E-state index in [1.807, 2.05) is 0 Å². The van der Waals surface area contributed by atoms with Crippen LogP contribution >= 0.6 is 0 Å². The van der Waals surface area contributed by atoms with Crippen LogP contribution in [0.4, 0.5) is 14.6 Å². The van der Waals surface area contributed by atoms with E-state index in [2.05, 4.69) is 24.6 Å². The number of fused-ring (bicyclic) bond motifs is 1. The first-order valence-corrected chi connectivity index (χ1v) is 11.1. The maximum Gasteiger partial charge on any atom is 0.387 e. The smallest absolute Gasteiger partial charge is 0.387 e. The van der Waals surface area contributed by atoms with Gasteiger partial charge in [0.05, 0.1) is 11.9 Å². The SMILES string of the molecule is C1CC(N2CC3C[C@@H]3C2)CCO1.Nc1ncc(-c2cnc(C3CC3)[nH]2)cc1OC(F)F. The van der Waals surface area contributed by atoms with Gasteiger partial charge in [-0.3, -0.25) is 4.90 Å². The number of anilines is 1. The molecule has 2 aliphatic carbocycles. The number of hydrogen-bond donors (Lipinski definition) is 2. The Hall–Kier alpha value is -2.26. The maximum atomic E-state index is 12.2. The summed E-state index contributed by atoms with van der Waals surface area (Å²) in [6.07, 6.45) is 9.50. The normalized spacial score (nSPS) is 25.8. The molecule has 0 aromatic carbocycles. The molecule has 2 atom stereocenters. The Kier molecular flexibility index (Phi) is 5.79. The van der Waals surface area contributed by atoms with E-state index in [0.29, 0.717) is 17.2 Å². The van der Waals surface area contributed by atoms with Gasteiger partial charge in [0.2, 0.25) is 0 Å². The van der Waals surface area contributed by atoms with Crippen LogP contribution in [0.2, 0.25) is 0 Å². The number of ether oxygens (including phenoxy) is 2. The number of likely N-dealkylation sites (tertiary alicyclic amines) is 1. The Morgan fingerprint density at radius 2 is 1.84 bits per heavy atom. The lowest BCUT2D eigenvalue weighted by atomic mass is 10.1. The van der Waals surface area contributed by atoms with E-state index in [1.165, 1.54) is 44.6 Å². The highest BCUT2D eigenvalue weighted by molar-refractivity contribution is 5.63. The van der Waals surface area contributed by atoms with E-state index in [9.17, 15) is 8.78 Å². The summed E-state index contributed by atoms with van der Waals surface area (Å²) in [5, 5.41) is 0. The summed E-state index contributed by atoms with van der Waals surface area (Å²) in [7, 11) is 0. The monoisotopic (exact) mass is 433 g/mol. The number of rotatable bonds is 5. The summed E-state index contributed by atoms with van der Waals surface area (Å²) in [6.45, 7) is 1.86. The molecule has 2 aliphatic heterocycles. The van der Waals surface area contributed by atoms with E-state index in [4.69, 9.17) is 10.5 Å². The lowest BCUT2D eigenvalue weighted by molar-refractivity contribution is -0.0494. The quantitative estimate of drug-likeness (QED) is 0.748. The molecule has 0 radical (unpaired) electrons. The second-order valence-corrected chi connectivity index (χ2v) is 9.00. The summed E-state index contributed by atoms with van der Waals surface area (Å²) >= 11 is 0.